The summed E-state index contributed by atoms with van der Waals surface area (Å²) in [7, 11) is 1.95. The van der Waals surface area contributed by atoms with Crippen LogP contribution < -0.4 is 4.90 Å². The van der Waals surface area contributed by atoms with Gasteiger partial charge < -0.3 is 4.90 Å². The molecule has 0 saturated carbocycles. The average molecular weight is 314 g/mol. The van der Waals surface area contributed by atoms with Gasteiger partial charge in [-0.25, -0.2) is 9.97 Å². The van der Waals surface area contributed by atoms with Gasteiger partial charge in [0.2, 0.25) is 5.28 Å². The number of aryl methyl sites for hydroxylation is 1. The van der Waals surface area contributed by atoms with E-state index in [0.717, 1.165) is 30.6 Å². The molecule has 1 spiro atoms. The molecule has 22 heavy (non-hydrogen) atoms. The highest BCUT2D eigenvalue weighted by atomic mass is 35.5. The van der Waals surface area contributed by atoms with E-state index in [2.05, 4.69) is 28.2 Å². The molecular weight excluding hydrogens is 298 g/mol. The van der Waals surface area contributed by atoms with Crippen molar-refractivity contribution in [3.8, 4) is 0 Å². The second-order valence-corrected chi connectivity index (χ2v) is 6.46. The van der Waals surface area contributed by atoms with Crippen molar-refractivity contribution in [1.82, 2.24) is 9.97 Å². The van der Waals surface area contributed by atoms with E-state index in [1.54, 1.807) is 6.20 Å². The molecule has 112 valence electrons. The largest absolute Gasteiger partial charge is 0.346 e. The summed E-state index contributed by atoms with van der Waals surface area (Å²) in [6, 6.07) is 8.38. The van der Waals surface area contributed by atoms with Crippen molar-refractivity contribution in [2.24, 2.45) is 0 Å². The number of aromatic nitrogens is 2. The van der Waals surface area contributed by atoms with Gasteiger partial charge in [0.05, 0.1) is 0 Å². The summed E-state index contributed by atoms with van der Waals surface area (Å²) >= 11 is 5.95. The lowest BCUT2D eigenvalue weighted by molar-refractivity contribution is -0.124. The van der Waals surface area contributed by atoms with Crippen molar-refractivity contribution < 1.29 is 4.79 Å². The average Bonchev–Trinajstić information content (AvgIpc) is 2.54. The third kappa shape index (κ3) is 1.87. The number of nitrogens with zero attached hydrogens (tertiary/aromatic N) is 3. The lowest BCUT2D eigenvalue weighted by Crippen LogP contribution is -2.60. The van der Waals surface area contributed by atoms with E-state index in [9.17, 15) is 4.79 Å². The van der Waals surface area contributed by atoms with Crippen LogP contribution in [0.25, 0.3) is 0 Å². The molecule has 2 aliphatic rings. The maximum absolute atomic E-state index is 12.9. The predicted octanol–water partition coefficient (Wildman–Crippen LogP) is 2.62. The van der Waals surface area contributed by atoms with E-state index >= 15 is 0 Å². The van der Waals surface area contributed by atoms with E-state index < -0.39 is 5.54 Å². The van der Waals surface area contributed by atoms with Gasteiger partial charge in [0.25, 0.3) is 0 Å². The molecule has 1 aromatic carbocycles. The van der Waals surface area contributed by atoms with Gasteiger partial charge in [-0.1, -0.05) is 24.3 Å². The fourth-order valence-electron chi connectivity index (χ4n) is 3.76. The third-order valence-corrected chi connectivity index (χ3v) is 5.23. The van der Waals surface area contributed by atoms with Gasteiger partial charge >= 0.3 is 0 Å². The van der Waals surface area contributed by atoms with Crippen LogP contribution >= 0.6 is 11.6 Å². The Hall–Kier alpha value is -1.94. The van der Waals surface area contributed by atoms with Gasteiger partial charge in [-0.05, 0) is 35.6 Å². The number of carbonyl (C=O) groups is 1. The van der Waals surface area contributed by atoms with Crippen molar-refractivity contribution in [3.63, 3.8) is 0 Å². The third-order valence-electron chi connectivity index (χ3n) is 5.05. The molecule has 1 atom stereocenters. The van der Waals surface area contributed by atoms with Crippen LogP contribution in [-0.2, 0) is 24.1 Å². The van der Waals surface area contributed by atoms with Gasteiger partial charge in [-0.15, -0.1) is 0 Å². The molecule has 0 radical (unpaired) electrons. The first-order chi connectivity index (χ1) is 10.6. The van der Waals surface area contributed by atoms with Gasteiger partial charge in [-0.2, -0.15) is 0 Å². The van der Waals surface area contributed by atoms with Crippen LogP contribution in [0.2, 0.25) is 5.28 Å². The second-order valence-electron chi connectivity index (χ2n) is 6.12. The molecule has 2 aromatic rings. The molecule has 1 unspecified atom stereocenters. The Kier molecular flexibility index (Phi) is 2.98. The number of fused-ring (bicyclic) bond motifs is 2. The normalized spacial score (nSPS) is 23.4. The first kappa shape index (κ1) is 13.7. The van der Waals surface area contributed by atoms with Crippen molar-refractivity contribution in [2.45, 2.75) is 31.2 Å². The quantitative estimate of drug-likeness (QED) is 0.701. The van der Waals surface area contributed by atoms with Gasteiger partial charge in [0, 0.05) is 31.6 Å². The van der Waals surface area contributed by atoms with Gasteiger partial charge in [-0.3, -0.25) is 4.79 Å². The Morgan fingerprint density at radius 3 is 2.82 bits per heavy atom. The molecular formula is C17H16ClN3O. The SMILES string of the molecule is CN1c2nc(Cl)ncc2CC(=O)C12CCc1ccccc1C2. The Balaban J connectivity index is 1.81. The van der Waals surface area contributed by atoms with E-state index in [1.165, 1.54) is 11.1 Å². The number of rotatable bonds is 0. The molecule has 1 aliphatic carbocycles. The zero-order valence-corrected chi connectivity index (χ0v) is 13.1. The number of carbonyl (C=O) groups excluding carboxylic acids is 1. The standard InChI is InChI=1S/C17H16ClN3O/c1-21-15-13(10-19-16(18)20-15)8-14(22)17(21)7-6-11-4-2-3-5-12(11)9-17/h2-5,10H,6-9H2,1H3. The molecule has 0 saturated heterocycles. The fraction of sp³-hybridized carbons (Fsp3) is 0.353. The lowest BCUT2D eigenvalue weighted by Gasteiger charge is -2.47. The minimum atomic E-state index is -0.501. The molecule has 0 amide bonds. The zero-order valence-electron chi connectivity index (χ0n) is 12.3. The lowest BCUT2D eigenvalue weighted by atomic mass is 9.71. The Morgan fingerprint density at radius 1 is 1.23 bits per heavy atom. The number of hydrogen-bond donors (Lipinski definition) is 0. The maximum atomic E-state index is 12.9. The molecule has 5 heteroatoms. The monoisotopic (exact) mass is 313 g/mol. The van der Waals surface area contributed by atoms with E-state index in [-0.39, 0.29) is 11.1 Å². The summed E-state index contributed by atoms with van der Waals surface area (Å²) in [5, 5.41) is 0.228. The van der Waals surface area contributed by atoms with Crippen molar-refractivity contribution in [1.29, 1.82) is 0 Å². The number of halogens is 1. The molecule has 0 fully saturated rings. The van der Waals surface area contributed by atoms with Gasteiger partial charge in [0.1, 0.15) is 11.4 Å². The highest BCUT2D eigenvalue weighted by molar-refractivity contribution is 6.28. The zero-order chi connectivity index (χ0) is 15.3. The van der Waals surface area contributed by atoms with Crippen LogP contribution in [-0.4, -0.2) is 28.3 Å². The Morgan fingerprint density at radius 2 is 2.00 bits per heavy atom. The predicted molar refractivity (Wildman–Crippen MR) is 85.4 cm³/mol. The topological polar surface area (TPSA) is 46.1 Å². The van der Waals surface area contributed by atoms with Crippen LogP contribution in [0.3, 0.4) is 0 Å². The van der Waals surface area contributed by atoms with E-state index in [1.807, 2.05) is 18.0 Å². The molecule has 4 nitrogen and oxygen atoms in total. The maximum Gasteiger partial charge on any atom is 0.224 e. The molecule has 1 aliphatic heterocycles. The molecule has 2 heterocycles. The second kappa shape index (κ2) is 4.78. The van der Waals surface area contributed by atoms with Crippen LogP contribution in [0.15, 0.2) is 30.5 Å². The Bertz CT molecular complexity index is 776. The first-order valence-corrected chi connectivity index (χ1v) is 7.83. The van der Waals surface area contributed by atoms with Crippen LogP contribution in [0, 0.1) is 0 Å². The number of benzene rings is 1. The molecule has 4 rings (SSSR count). The molecule has 0 N–H and O–H groups in total. The number of hydrogen-bond acceptors (Lipinski definition) is 4. The number of anilines is 1. The van der Waals surface area contributed by atoms with Crippen LogP contribution in [0.5, 0.6) is 0 Å². The first-order valence-electron chi connectivity index (χ1n) is 7.45. The van der Waals surface area contributed by atoms with Crippen LogP contribution in [0.4, 0.5) is 5.82 Å². The number of Topliss-reactive ketones (excluding diaryl/α,β-unsaturated/α-hetero) is 1. The van der Waals surface area contributed by atoms with E-state index in [4.69, 9.17) is 11.6 Å². The minimum Gasteiger partial charge on any atom is -0.346 e. The minimum absolute atomic E-state index is 0.228. The molecule has 0 bridgehead atoms. The summed E-state index contributed by atoms with van der Waals surface area (Å²) in [4.78, 5) is 23.3. The number of likely N-dealkylation sites (N-methyl/N-ethyl adjacent to an activating group) is 1. The van der Waals surface area contributed by atoms with Crippen molar-refractivity contribution in [2.75, 3.05) is 11.9 Å². The van der Waals surface area contributed by atoms with Gasteiger partial charge in [0.15, 0.2) is 5.78 Å². The van der Waals surface area contributed by atoms with E-state index in [0.29, 0.717) is 6.42 Å². The summed E-state index contributed by atoms with van der Waals surface area (Å²) < 4.78 is 0. The van der Waals surface area contributed by atoms with Crippen molar-refractivity contribution in [3.05, 3.63) is 52.4 Å². The van der Waals surface area contributed by atoms with Crippen molar-refractivity contribution >= 4 is 23.2 Å². The fourth-order valence-corrected chi connectivity index (χ4v) is 3.89. The number of ketones is 1. The van der Waals surface area contributed by atoms with Crippen LogP contribution in [0.1, 0.15) is 23.1 Å². The smallest absolute Gasteiger partial charge is 0.224 e. The molecule has 1 aromatic heterocycles. The highest BCUT2D eigenvalue weighted by Gasteiger charge is 2.48. The Labute approximate surface area is 134 Å². The summed E-state index contributed by atoms with van der Waals surface area (Å²) in [5.41, 5.74) is 2.97. The summed E-state index contributed by atoms with van der Waals surface area (Å²) in [6.45, 7) is 0. The highest BCUT2D eigenvalue weighted by Crippen LogP contribution is 2.40. The summed E-state index contributed by atoms with van der Waals surface area (Å²) in [5.74, 6) is 1.04. The summed E-state index contributed by atoms with van der Waals surface area (Å²) in [6.07, 6.45) is 4.53.